The molecule has 0 bridgehead atoms. The second-order valence-electron chi connectivity index (χ2n) is 13.1. The average Bonchev–Trinajstić information content (AvgIpc) is 2.82. The van der Waals surface area contributed by atoms with Gasteiger partial charge in [-0.25, -0.2) is 8.78 Å². The minimum Gasteiger partial charge on any atom is -0.378 e. The van der Waals surface area contributed by atoms with Crippen molar-refractivity contribution in [3.8, 4) is 0 Å². The van der Waals surface area contributed by atoms with E-state index in [2.05, 4.69) is 46.4 Å². The molecule has 2 unspecified atom stereocenters. The molecule has 0 aromatic carbocycles. The summed E-state index contributed by atoms with van der Waals surface area (Å²) in [7, 11) is 0. The molecule has 0 saturated carbocycles. The summed E-state index contributed by atoms with van der Waals surface area (Å²) >= 11 is 0. The fourth-order valence-corrected chi connectivity index (χ4v) is 4.42. The van der Waals surface area contributed by atoms with Gasteiger partial charge in [0.25, 0.3) is 5.92 Å². The number of nitrogens with zero attached hydrogens (tertiary/aromatic N) is 2. The minimum atomic E-state index is -2.52. The molecule has 2 atom stereocenters. The third kappa shape index (κ3) is 7.74. The molecule has 29 heavy (non-hydrogen) atoms. The Labute approximate surface area is 179 Å². The molecule has 2 saturated heterocycles. The van der Waals surface area contributed by atoms with Crippen molar-refractivity contribution in [3.63, 3.8) is 0 Å². The van der Waals surface area contributed by atoms with Crippen LogP contribution in [0, 0.1) is 10.8 Å². The van der Waals surface area contributed by atoms with Crippen LogP contribution in [0.5, 0.6) is 0 Å². The summed E-state index contributed by atoms with van der Waals surface area (Å²) in [5.41, 5.74) is 0.278. The van der Waals surface area contributed by atoms with E-state index >= 15 is 0 Å². The first-order chi connectivity index (χ1) is 12.7. The van der Waals surface area contributed by atoms with Gasteiger partial charge in [-0.1, -0.05) is 41.5 Å². The molecule has 0 aromatic rings. The van der Waals surface area contributed by atoms with Crippen molar-refractivity contribution in [3.05, 3.63) is 0 Å². The molecule has 5 heteroatoms. The lowest BCUT2D eigenvalue weighted by atomic mass is 9.83. The monoisotopic (exact) mass is 418 g/mol. The van der Waals surface area contributed by atoms with Gasteiger partial charge in [0.2, 0.25) is 0 Å². The fourth-order valence-electron chi connectivity index (χ4n) is 4.42. The summed E-state index contributed by atoms with van der Waals surface area (Å²) in [6.45, 7) is 28.6. The van der Waals surface area contributed by atoms with Crippen LogP contribution in [0.2, 0.25) is 0 Å². The first-order valence-electron chi connectivity index (χ1n) is 11.2. The Morgan fingerprint density at radius 2 is 1.17 bits per heavy atom. The molecule has 2 heterocycles. The summed E-state index contributed by atoms with van der Waals surface area (Å²) in [6, 6.07) is 0.503. The first kappa shape index (κ1) is 26.8. The Hall–Kier alpha value is -0.260. The van der Waals surface area contributed by atoms with E-state index in [1.165, 1.54) is 0 Å². The first-order valence-corrected chi connectivity index (χ1v) is 11.2. The third-order valence-corrected chi connectivity index (χ3v) is 6.12. The van der Waals surface area contributed by atoms with E-state index in [4.69, 9.17) is 4.74 Å². The number of halogens is 2. The highest BCUT2D eigenvalue weighted by Gasteiger charge is 2.51. The lowest BCUT2D eigenvalue weighted by Crippen LogP contribution is -2.58. The average molecular weight is 419 g/mol. The molecule has 0 N–H and O–H groups in total. The van der Waals surface area contributed by atoms with Crippen LogP contribution in [0.15, 0.2) is 0 Å². The zero-order chi connectivity index (χ0) is 23.1. The molecule has 174 valence electrons. The summed E-state index contributed by atoms with van der Waals surface area (Å²) in [6.07, 6.45) is -0.00618. The maximum Gasteiger partial charge on any atom is 0.262 e. The molecule has 0 amide bonds. The number of hydrogen-bond donors (Lipinski definition) is 0. The molecule has 2 fully saturated rings. The Balaban J connectivity index is 0.000000291. The van der Waals surface area contributed by atoms with Gasteiger partial charge in [-0.05, 0) is 52.4 Å². The Morgan fingerprint density at radius 1 is 0.724 bits per heavy atom. The van der Waals surface area contributed by atoms with Gasteiger partial charge in [-0.15, -0.1) is 0 Å². The largest absolute Gasteiger partial charge is 0.378 e. The predicted molar refractivity (Wildman–Crippen MR) is 120 cm³/mol. The van der Waals surface area contributed by atoms with Crippen molar-refractivity contribution in [1.82, 2.24) is 9.80 Å². The van der Waals surface area contributed by atoms with Crippen LogP contribution in [0.25, 0.3) is 0 Å². The maximum atomic E-state index is 13.5. The van der Waals surface area contributed by atoms with Gasteiger partial charge in [-0.2, -0.15) is 0 Å². The molecule has 0 aliphatic carbocycles. The zero-order valence-electron chi connectivity index (χ0n) is 21.2. The molecule has 2 aliphatic heterocycles. The van der Waals surface area contributed by atoms with E-state index in [1.54, 1.807) is 0 Å². The van der Waals surface area contributed by atoms with Gasteiger partial charge in [0.05, 0.1) is 19.8 Å². The van der Waals surface area contributed by atoms with Gasteiger partial charge in [-0.3, -0.25) is 9.80 Å². The van der Waals surface area contributed by atoms with E-state index in [1.807, 2.05) is 46.4 Å². The molecule has 2 aliphatic rings. The minimum absolute atomic E-state index is 0.00618. The van der Waals surface area contributed by atoms with Crippen molar-refractivity contribution < 1.29 is 13.5 Å². The van der Waals surface area contributed by atoms with E-state index in [0.29, 0.717) is 11.5 Å². The molecule has 0 aromatic heterocycles. The molecule has 0 radical (unpaired) electrons. The maximum absolute atomic E-state index is 13.5. The highest BCUT2D eigenvalue weighted by molar-refractivity contribution is 5.00. The lowest BCUT2D eigenvalue weighted by Gasteiger charge is -2.49. The molecule has 2 rings (SSSR count). The van der Waals surface area contributed by atoms with E-state index in [0.717, 1.165) is 19.8 Å². The second kappa shape index (κ2) is 8.70. The van der Waals surface area contributed by atoms with E-state index in [9.17, 15) is 8.78 Å². The van der Waals surface area contributed by atoms with Crippen molar-refractivity contribution in [2.75, 3.05) is 26.3 Å². The summed E-state index contributed by atoms with van der Waals surface area (Å²) < 4.78 is 32.5. The van der Waals surface area contributed by atoms with Crippen molar-refractivity contribution >= 4 is 0 Å². The number of hydrogen-bond acceptors (Lipinski definition) is 3. The van der Waals surface area contributed by atoms with E-state index in [-0.39, 0.29) is 35.5 Å². The van der Waals surface area contributed by atoms with Gasteiger partial charge in [0.1, 0.15) is 0 Å². The summed E-state index contributed by atoms with van der Waals surface area (Å²) in [5.74, 6) is -2.52. The van der Waals surface area contributed by atoms with Crippen LogP contribution in [0.3, 0.4) is 0 Å². The van der Waals surface area contributed by atoms with Crippen LogP contribution >= 0.6 is 0 Å². The standard InChI is InChI=1S/C12H23F2N.C12H25NO/c1-10(2,3)9-7-12(13,14)8-15(9)11(4,5)6;1-11(2,3)10-9-14-8-7-13(10)12(4,5)6/h9H,7-8H2,1-6H3;10H,7-9H2,1-6H3. The molecule has 3 nitrogen and oxygen atoms in total. The van der Waals surface area contributed by atoms with Gasteiger partial charge in [0.15, 0.2) is 0 Å². The van der Waals surface area contributed by atoms with Crippen molar-refractivity contribution in [2.24, 2.45) is 10.8 Å². The van der Waals surface area contributed by atoms with Crippen LogP contribution in [0.4, 0.5) is 8.78 Å². The number of ether oxygens (including phenoxy) is 1. The smallest absolute Gasteiger partial charge is 0.262 e. The molecular formula is C24H48F2N2O. The topological polar surface area (TPSA) is 15.7 Å². The molecule has 0 spiro atoms. The number of rotatable bonds is 0. The number of alkyl halides is 2. The zero-order valence-corrected chi connectivity index (χ0v) is 21.2. The normalized spacial score (nSPS) is 27.5. The lowest BCUT2D eigenvalue weighted by molar-refractivity contribution is -0.0856. The highest BCUT2D eigenvalue weighted by Crippen LogP contribution is 2.43. The van der Waals surface area contributed by atoms with Gasteiger partial charge in [0, 0.05) is 36.1 Å². The quantitative estimate of drug-likeness (QED) is 0.475. The molecular weight excluding hydrogens is 370 g/mol. The predicted octanol–water partition coefficient (Wildman–Crippen LogP) is 6.07. The SMILES string of the molecule is CC(C)(C)C1CC(F)(F)CN1C(C)(C)C.CC(C)(C)C1COCCN1C(C)(C)C. The third-order valence-electron chi connectivity index (χ3n) is 6.12. The number of likely N-dealkylation sites (tertiary alicyclic amines) is 1. The Morgan fingerprint density at radius 3 is 1.48 bits per heavy atom. The van der Waals surface area contributed by atoms with Crippen LogP contribution < -0.4 is 0 Å². The van der Waals surface area contributed by atoms with E-state index < -0.39 is 5.92 Å². The van der Waals surface area contributed by atoms with Crippen LogP contribution in [-0.4, -0.2) is 65.2 Å². The second-order valence-corrected chi connectivity index (χ2v) is 13.1. The van der Waals surface area contributed by atoms with Crippen molar-refractivity contribution in [2.45, 2.75) is 119 Å². The summed E-state index contributed by atoms with van der Waals surface area (Å²) in [5, 5.41) is 0. The van der Waals surface area contributed by atoms with Crippen molar-refractivity contribution in [1.29, 1.82) is 0 Å². The van der Waals surface area contributed by atoms with Crippen LogP contribution in [-0.2, 0) is 4.74 Å². The fraction of sp³-hybridized carbons (Fsp3) is 1.00. The number of morpholine rings is 1. The van der Waals surface area contributed by atoms with Gasteiger partial charge >= 0.3 is 0 Å². The Kier molecular flexibility index (Phi) is 8.04. The Bertz CT molecular complexity index is 475. The summed E-state index contributed by atoms with van der Waals surface area (Å²) in [4.78, 5) is 4.53. The van der Waals surface area contributed by atoms with Gasteiger partial charge < -0.3 is 4.74 Å². The van der Waals surface area contributed by atoms with Crippen LogP contribution in [0.1, 0.15) is 89.5 Å². The highest BCUT2D eigenvalue weighted by atomic mass is 19.3.